The van der Waals surface area contributed by atoms with E-state index in [4.69, 9.17) is 0 Å². The van der Waals surface area contributed by atoms with Gasteiger partial charge in [0.2, 0.25) is 0 Å². The number of benzene rings is 3. The van der Waals surface area contributed by atoms with E-state index in [1.165, 1.54) is 24.3 Å². The maximum Gasteiger partial charge on any atom is 0.252 e. The van der Waals surface area contributed by atoms with Crippen LogP contribution in [0.15, 0.2) is 77.6 Å². The highest BCUT2D eigenvalue weighted by Crippen LogP contribution is 2.27. The Morgan fingerprint density at radius 2 is 1.61 bits per heavy atom. The molecule has 0 radical (unpaired) electrons. The number of hydrogen-bond donors (Lipinski definition) is 1. The Hall–Kier alpha value is -4.24. The first kappa shape index (κ1) is 25.4. The monoisotopic (exact) mass is 514 g/mol. The van der Waals surface area contributed by atoms with Crippen LogP contribution in [0.25, 0.3) is 10.9 Å². The average molecular weight is 515 g/mol. The van der Waals surface area contributed by atoms with E-state index in [1.807, 2.05) is 38.1 Å². The highest BCUT2D eigenvalue weighted by molar-refractivity contribution is 5.79. The number of pyridine rings is 1. The van der Waals surface area contributed by atoms with E-state index in [0.29, 0.717) is 37.4 Å². The summed E-state index contributed by atoms with van der Waals surface area (Å²) >= 11 is 0. The molecule has 0 amide bonds. The summed E-state index contributed by atoms with van der Waals surface area (Å²) < 4.78 is 28.7. The van der Waals surface area contributed by atoms with Crippen LogP contribution in [0.1, 0.15) is 47.5 Å². The standard InChI is InChI=1S/C29H28F2N6O/c1-3-27(28-33-34-35-37(28)17-21-7-11-25(31)12-8-21)36(16-20-5-9-24(30)10-6-20)18-23-15-22-14-19(2)4-13-26(22)32-29(23)38/h4-15,27H,3,16-18H2,1-2H3,(H,32,38). The van der Waals surface area contributed by atoms with Gasteiger partial charge in [0.25, 0.3) is 5.56 Å². The lowest BCUT2D eigenvalue weighted by molar-refractivity contribution is 0.161. The first-order valence-corrected chi connectivity index (χ1v) is 12.5. The average Bonchev–Trinajstić information content (AvgIpc) is 3.35. The van der Waals surface area contributed by atoms with E-state index >= 15 is 0 Å². The molecule has 5 aromatic rings. The van der Waals surface area contributed by atoms with Crippen LogP contribution in [0.4, 0.5) is 8.78 Å². The number of nitrogens with one attached hydrogen (secondary N) is 1. The summed E-state index contributed by atoms with van der Waals surface area (Å²) in [5.74, 6) is 0.0160. The molecule has 1 unspecified atom stereocenters. The fraction of sp³-hybridized carbons (Fsp3) is 0.241. The van der Waals surface area contributed by atoms with Gasteiger partial charge in [-0.15, -0.1) is 5.10 Å². The third kappa shape index (κ3) is 5.68. The fourth-order valence-electron chi connectivity index (χ4n) is 4.74. The van der Waals surface area contributed by atoms with Crippen molar-refractivity contribution >= 4 is 10.9 Å². The van der Waals surface area contributed by atoms with Gasteiger partial charge in [-0.2, -0.15) is 0 Å². The number of fused-ring (bicyclic) bond motifs is 1. The minimum Gasteiger partial charge on any atom is -0.322 e. The van der Waals surface area contributed by atoms with E-state index in [0.717, 1.165) is 27.6 Å². The molecule has 0 aliphatic heterocycles. The van der Waals surface area contributed by atoms with Crippen molar-refractivity contribution in [2.45, 2.75) is 45.9 Å². The first-order valence-electron chi connectivity index (χ1n) is 12.5. The fourth-order valence-corrected chi connectivity index (χ4v) is 4.74. The number of H-pyrrole nitrogens is 1. The summed E-state index contributed by atoms with van der Waals surface area (Å²) in [5, 5.41) is 13.4. The van der Waals surface area contributed by atoms with E-state index in [9.17, 15) is 13.6 Å². The zero-order valence-corrected chi connectivity index (χ0v) is 21.2. The number of hydrogen-bond acceptors (Lipinski definition) is 5. The minimum absolute atomic E-state index is 0.161. The van der Waals surface area contributed by atoms with Crippen molar-refractivity contribution in [3.8, 4) is 0 Å². The maximum atomic E-state index is 13.6. The van der Waals surface area contributed by atoms with E-state index in [-0.39, 0.29) is 23.2 Å². The van der Waals surface area contributed by atoms with Crippen molar-refractivity contribution in [1.82, 2.24) is 30.1 Å². The predicted molar refractivity (Wildman–Crippen MR) is 141 cm³/mol. The lowest BCUT2D eigenvalue weighted by Crippen LogP contribution is -2.32. The number of aromatic amines is 1. The van der Waals surface area contributed by atoms with Crippen LogP contribution >= 0.6 is 0 Å². The van der Waals surface area contributed by atoms with Crippen LogP contribution in [0.3, 0.4) is 0 Å². The topological polar surface area (TPSA) is 79.7 Å². The van der Waals surface area contributed by atoms with Gasteiger partial charge in [0.05, 0.1) is 12.6 Å². The van der Waals surface area contributed by atoms with Gasteiger partial charge in [0.1, 0.15) is 11.6 Å². The van der Waals surface area contributed by atoms with Crippen LogP contribution in [-0.4, -0.2) is 30.1 Å². The van der Waals surface area contributed by atoms with Gasteiger partial charge in [-0.3, -0.25) is 9.69 Å². The molecule has 5 rings (SSSR count). The summed E-state index contributed by atoms with van der Waals surface area (Å²) in [7, 11) is 0. The SMILES string of the molecule is CCC(c1nnnn1Cc1ccc(F)cc1)N(Cc1ccc(F)cc1)Cc1cc2cc(C)ccc2[nH]c1=O. The summed E-state index contributed by atoms with van der Waals surface area (Å²) in [6.45, 7) is 5.21. The molecule has 0 fully saturated rings. The molecule has 38 heavy (non-hydrogen) atoms. The van der Waals surface area contributed by atoms with Gasteiger partial charge >= 0.3 is 0 Å². The molecule has 9 heteroatoms. The second kappa shape index (κ2) is 11.0. The number of halogens is 2. The van der Waals surface area contributed by atoms with Crippen LogP contribution in [0.5, 0.6) is 0 Å². The van der Waals surface area contributed by atoms with Crippen LogP contribution in [-0.2, 0) is 19.6 Å². The molecule has 0 saturated heterocycles. The van der Waals surface area contributed by atoms with Gasteiger partial charge in [-0.25, -0.2) is 13.5 Å². The molecule has 0 aliphatic rings. The van der Waals surface area contributed by atoms with Crippen LogP contribution < -0.4 is 5.56 Å². The Balaban J connectivity index is 1.52. The Bertz CT molecular complexity index is 1590. The zero-order chi connectivity index (χ0) is 26.6. The molecule has 194 valence electrons. The smallest absolute Gasteiger partial charge is 0.252 e. The van der Waals surface area contributed by atoms with Gasteiger partial charge in [-0.1, -0.05) is 42.8 Å². The highest BCUT2D eigenvalue weighted by atomic mass is 19.1. The quantitative estimate of drug-likeness (QED) is 0.289. The van der Waals surface area contributed by atoms with Gasteiger partial charge < -0.3 is 4.98 Å². The third-order valence-electron chi connectivity index (χ3n) is 6.68. The summed E-state index contributed by atoms with van der Waals surface area (Å²) in [6.07, 6.45) is 0.662. The Morgan fingerprint density at radius 1 is 0.921 bits per heavy atom. The molecular formula is C29H28F2N6O. The van der Waals surface area contributed by atoms with Gasteiger partial charge in [0.15, 0.2) is 5.82 Å². The number of nitrogens with zero attached hydrogens (tertiary/aromatic N) is 5. The van der Waals surface area contributed by atoms with Crippen molar-refractivity contribution in [2.75, 3.05) is 0 Å². The van der Waals surface area contributed by atoms with Gasteiger partial charge in [-0.05, 0) is 82.7 Å². The highest BCUT2D eigenvalue weighted by Gasteiger charge is 2.26. The van der Waals surface area contributed by atoms with Crippen molar-refractivity contribution in [2.24, 2.45) is 0 Å². The third-order valence-corrected chi connectivity index (χ3v) is 6.68. The summed E-state index contributed by atoms with van der Waals surface area (Å²) in [6, 6.07) is 20.2. The predicted octanol–water partition coefficient (Wildman–Crippen LogP) is 5.30. The number of aromatic nitrogens is 5. The Labute approximate surface area is 218 Å². The molecule has 1 atom stereocenters. The van der Waals surface area contributed by atoms with E-state index < -0.39 is 0 Å². The molecule has 2 aromatic heterocycles. The van der Waals surface area contributed by atoms with Crippen molar-refractivity contribution in [1.29, 1.82) is 0 Å². The summed E-state index contributed by atoms with van der Waals surface area (Å²) in [4.78, 5) is 18.2. The lowest BCUT2D eigenvalue weighted by atomic mass is 10.1. The van der Waals surface area contributed by atoms with Crippen LogP contribution in [0, 0.1) is 18.6 Å². The molecular weight excluding hydrogens is 486 g/mol. The normalized spacial score (nSPS) is 12.3. The molecule has 3 aromatic carbocycles. The van der Waals surface area contributed by atoms with E-state index in [2.05, 4.69) is 25.4 Å². The molecule has 0 bridgehead atoms. The second-order valence-electron chi connectivity index (χ2n) is 9.49. The first-order chi connectivity index (χ1) is 18.4. The molecule has 0 aliphatic carbocycles. The van der Waals surface area contributed by atoms with Crippen molar-refractivity contribution in [3.05, 3.63) is 123 Å². The lowest BCUT2D eigenvalue weighted by Gasteiger charge is -2.30. The number of rotatable bonds is 9. The van der Waals surface area contributed by atoms with Crippen molar-refractivity contribution in [3.63, 3.8) is 0 Å². The number of aryl methyl sites for hydroxylation is 1. The largest absolute Gasteiger partial charge is 0.322 e. The maximum absolute atomic E-state index is 13.6. The molecule has 7 nitrogen and oxygen atoms in total. The number of tetrazole rings is 1. The van der Waals surface area contributed by atoms with Crippen molar-refractivity contribution < 1.29 is 8.78 Å². The van der Waals surface area contributed by atoms with Crippen LogP contribution in [0.2, 0.25) is 0 Å². The summed E-state index contributed by atoms with van der Waals surface area (Å²) in [5.41, 5.74) is 4.10. The minimum atomic E-state index is -0.308. The second-order valence-corrected chi connectivity index (χ2v) is 9.49. The molecule has 1 N–H and O–H groups in total. The molecule has 2 heterocycles. The Kier molecular flexibility index (Phi) is 7.37. The van der Waals surface area contributed by atoms with Gasteiger partial charge in [0, 0.05) is 24.2 Å². The zero-order valence-electron chi connectivity index (χ0n) is 21.2. The molecule has 0 saturated carbocycles. The van der Waals surface area contributed by atoms with E-state index in [1.54, 1.807) is 28.9 Å². The Morgan fingerprint density at radius 3 is 2.29 bits per heavy atom. The molecule has 0 spiro atoms.